The summed E-state index contributed by atoms with van der Waals surface area (Å²) in [6, 6.07) is 2.09. The van der Waals surface area contributed by atoms with E-state index in [1.165, 1.54) is 3.57 Å². The number of phenolic OH excluding ortho intramolecular Hbond substituents is 1. The summed E-state index contributed by atoms with van der Waals surface area (Å²) in [6.45, 7) is 4.29. The average molecular weight is 528 g/mol. The van der Waals surface area contributed by atoms with E-state index in [0.717, 1.165) is 19.1 Å². The van der Waals surface area contributed by atoms with Crippen molar-refractivity contribution in [1.29, 1.82) is 0 Å². The standard InChI is InChI=1S/C10H11I3O/c1-3-5(2)6-4-7(11)8(12)9(13)10(6)14/h4-5,14H,3H2,1-2H3. The topological polar surface area (TPSA) is 20.2 Å². The third-order valence-corrected chi connectivity index (χ3v) is 7.39. The molecule has 0 radical (unpaired) electrons. The van der Waals surface area contributed by atoms with E-state index in [2.05, 4.69) is 87.7 Å². The molecule has 0 amide bonds. The van der Waals surface area contributed by atoms with Gasteiger partial charge in [-0.3, -0.25) is 0 Å². The van der Waals surface area contributed by atoms with Gasteiger partial charge in [0.2, 0.25) is 0 Å². The highest BCUT2D eigenvalue weighted by Gasteiger charge is 2.15. The van der Waals surface area contributed by atoms with Crippen molar-refractivity contribution in [1.82, 2.24) is 0 Å². The van der Waals surface area contributed by atoms with Crippen molar-refractivity contribution < 1.29 is 5.11 Å². The molecule has 1 aromatic carbocycles. The molecule has 0 saturated heterocycles. The number of hydrogen-bond acceptors (Lipinski definition) is 1. The van der Waals surface area contributed by atoms with Crippen molar-refractivity contribution in [3.05, 3.63) is 22.3 Å². The summed E-state index contributed by atoms with van der Waals surface area (Å²) in [5, 5.41) is 9.99. The minimum absolute atomic E-state index is 0.425. The van der Waals surface area contributed by atoms with Gasteiger partial charge >= 0.3 is 0 Å². The highest BCUT2D eigenvalue weighted by Crippen LogP contribution is 2.36. The van der Waals surface area contributed by atoms with Crippen LogP contribution in [0.3, 0.4) is 0 Å². The second kappa shape index (κ2) is 5.51. The number of halogens is 3. The molecule has 0 aliphatic carbocycles. The molecular weight excluding hydrogens is 517 g/mol. The molecule has 0 fully saturated rings. The molecule has 0 bridgehead atoms. The van der Waals surface area contributed by atoms with E-state index in [-0.39, 0.29) is 0 Å². The van der Waals surface area contributed by atoms with Gasteiger partial charge in [-0.15, -0.1) is 0 Å². The average Bonchev–Trinajstić information content (AvgIpc) is 2.19. The SMILES string of the molecule is CCC(C)c1cc(I)c(I)c(I)c1O. The molecule has 1 aromatic rings. The second-order valence-electron chi connectivity index (χ2n) is 3.23. The van der Waals surface area contributed by atoms with Gasteiger partial charge in [0, 0.05) is 7.14 Å². The van der Waals surface area contributed by atoms with Gasteiger partial charge in [0.15, 0.2) is 0 Å². The molecule has 0 saturated carbocycles. The van der Waals surface area contributed by atoms with E-state index in [4.69, 9.17) is 0 Å². The Bertz CT molecular complexity index is 350. The smallest absolute Gasteiger partial charge is 0.133 e. The lowest BCUT2D eigenvalue weighted by Crippen LogP contribution is -1.97. The van der Waals surface area contributed by atoms with Gasteiger partial charge in [-0.1, -0.05) is 13.8 Å². The van der Waals surface area contributed by atoms with Crippen LogP contribution in [0.25, 0.3) is 0 Å². The Morgan fingerprint density at radius 3 is 2.36 bits per heavy atom. The van der Waals surface area contributed by atoms with Crippen molar-refractivity contribution in [2.75, 3.05) is 0 Å². The molecule has 1 N–H and O–H groups in total. The van der Waals surface area contributed by atoms with Crippen molar-refractivity contribution in [3.63, 3.8) is 0 Å². The third-order valence-electron chi connectivity index (χ3n) is 2.31. The predicted octanol–water partition coefficient (Wildman–Crippen LogP) is 4.72. The molecule has 1 unspecified atom stereocenters. The lowest BCUT2D eigenvalue weighted by molar-refractivity contribution is 0.457. The van der Waals surface area contributed by atoms with Crippen LogP contribution in [-0.4, -0.2) is 5.11 Å². The first kappa shape index (κ1) is 13.3. The van der Waals surface area contributed by atoms with Crippen LogP contribution in [-0.2, 0) is 0 Å². The van der Waals surface area contributed by atoms with Gasteiger partial charge in [0.05, 0.1) is 3.57 Å². The molecule has 1 atom stereocenters. The van der Waals surface area contributed by atoms with Crippen LogP contribution in [0.4, 0.5) is 0 Å². The van der Waals surface area contributed by atoms with Crippen LogP contribution in [0.5, 0.6) is 5.75 Å². The molecule has 0 spiro atoms. The second-order valence-corrected chi connectivity index (χ2v) is 6.55. The van der Waals surface area contributed by atoms with E-state index in [9.17, 15) is 5.11 Å². The van der Waals surface area contributed by atoms with Gasteiger partial charge in [0.1, 0.15) is 5.75 Å². The highest BCUT2D eigenvalue weighted by molar-refractivity contribution is 14.1. The molecule has 0 aliphatic heterocycles. The third kappa shape index (κ3) is 2.66. The zero-order valence-electron chi connectivity index (χ0n) is 7.94. The molecular formula is C10H11I3O. The Morgan fingerprint density at radius 2 is 1.86 bits per heavy atom. The van der Waals surface area contributed by atoms with Crippen LogP contribution < -0.4 is 0 Å². The first-order valence-electron chi connectivity index (χ1n) is 4.35. The maximum atomic E-state index is 9.99. The number of rotatable bonds is 2. The van der Waals surface area contributed by atoms with Crippen LogP contribution in [0.2, 0.25) is 0 Å². The fourth-order valence-electron chi connectivity index (χ4n) is 1.20. The Hall–Kier alpha value is 1.21. The van der Waals surface area contributed by atoms with E-state index in [1.807, 2.05) is 0 Å². The van der Waals surface area contributed by atoms with Gasteiger partial charge in [-0.25, -0.2) is 0 Å². The quantitative estimate of drug-likeness (QED) is 0.436. The summed E-state index contributed by atoms with van der Waals surface area (Å²) in [4.78, 5) is 0. The fourth-order valence-corrected chi connectivity index (χ4v) is 3.33. The summed E-state index contributed by atoms with van der Waals surface area (Å²) in [5.41, 5.74) is 1.07. The summed E-state index contributed by atoms with van der Waals surface area (Å²) in [5.74, 6) is 0.888. The Balaban J connectivity index is 3.33. The Labute approximate surface area is 125 Å². The van der Waals surface area contributed by atoms with Crippen molar-refractivity contribution >= 4 is 67.8 Å². The summed E-state index contributed by atoms with van der Waals surface area (Å²) in [7, 11) is 0. The summed E-state index contributed by atoms with van der Waals surface area (Å²) in [6.07, 6.45) is 1.06. The zero-order chi connectivity index (χ0) is 10.9. The molecule has 78 valence electrons. The van der Waals surface area contributed by atoms with Crippen molar-refractivity contribution in [2.45, 2.75) is 26.2 Å². The molecule has 1 rings (SSSR count). The fraction of sp³-hybridized carbons (Fsp3) is 0.400. The van der Waals surface area contributed by atoms with Crippen molar-refractivity contribution in [3.8, 4) is 5.75 Å². The van der Waals surface area contributed by atoms with Crippen LogP contribution >= 0.6 is 67.8 Å². The van der Waals surface area contributed by atoms with Gasteiger partial charge < -0.3 is 5.11 Å². The summed E-state index contributed by atoms with van der Waals surface area (Å²) < 4.78 is 3.35. The van der Waals surface area contributed by atoms with E-state index >= 15 is 0 Å². The Kier molecular flexibility index (Phi) is 5.23. The maximum Gasteiger partial charge on any atom is 0.133 e. The minimum Gasteiger partial charge on any atom is -0.507 e. The lowest BCUT2D eigenvalue weighted by atomic mass is 9.98. The van der Waals surface area contributed by atoms with Crippen LogP contribution in [0, 0.1) is 10.7 Å². The highest BCUT2D eigenvalue weighted by atomic mass is 127. The van der Waals surface area contributed by atoms with Crippen LogP contribution in [0.1, 0.15) is 31.7 Å². The van der Waals surface area contributed by atoms with Gasteiger partial charge in [-0.2, -0.15) is 0 Å². The molecule has 4 heteroatoms. The molecule has 0 aromatic heterocycles. The molecule has 0 heterocycles. The minimum atomic E-state index is 0.425. The van der Waals surface area contributed by atoms with Gasteiger partial charge in [0.25, 0.3) is 0 Å². The monoisotopic (exact) mass is 528 g/mol. The van der Waals surface area contributed by atoms with E-state index < -0.39 is 0 Å². The number of hydrogen-bond donors (Lipinski definition) is 1. The van der Waals surface area contributed by atoms with Crippen molar-refractivity contribution in [2.24, 2.45) is 0 Å². The number of phenols is 1. The van der Waals surface area contributed by atoms with E-state index in [1.54, 1.807) is 0 Å². The number of benzene rings is 1. The molecule has 1 nitrogen and oxygen atoms in total. The maximum absolute atomic E-state index is 9.99. The normalized spacial score (nSPS) is 12.9. The number of aromatic hydroxyl groups is 1. The Morgan fingerprint density at radius 1 is 1.29 bits per heavy atom. The molecule has 14 heavy (non-hydrogen) atoms. The first-order chi connectivity index (χ1) is 6.49. The first-order valence-corrected chi connectivity index (χ1v) is 7.59. The molecule has 0 aliphatic rings. The predicted molar refractivity (Wildman–Crippen MR) is 85.0 cm³/mol. The van der Waals surface area contributed by atoms with Crippen LogP contribution in [0.15, 0.2) is 6.07 Å². The van der Waals surface area contributed by atoms with Gasteiger partial charge in [-0.05, 0) is 91.7 Å². The van der Waals surface area contributed by atoms with E-state index in [0.29, 0.717) is 11.7 Å². The largest absolute Gasteiger partial charge is 0.507 e. The lowest BCUT2D eigenvalue weighted by Gasteiger charge is -2.14. The zero-order valence-corrected chi connectivity index (χ0v) is 14.4. The summed E-state index contributed by atoms with van der Waals surface area (Å²) >= 11 is 6.80.